The van der Waals surface area contributed by atoms with E-state index < -0.39 is 17.9 Å². The summed E-state index contributed by atoms with van der Waals surface area (Å²) < 4.78 is 0. The van der Waals surface area contributed by atoms with Gasteiger partial charge in [0.15, 0.2) is 5.82 Å². The predicted octanol–water partition coefficient (Wildman–Crippen LogP) is 4.54. The van der Waals surface area contributed by atoms with Gasteiger partial charge in [-0.05, 0) is 36.0 Å². The van der Waals surface area contributed by atoms with Crippen LogP contribution in [0, 0.1) is 0 Å². The van der Waals surface area contributed by atoms with Crippen molar-refractivity contribution in [1.29, 1.82) is 0 Å². The highest BCUT2D eigenvalue weighted by Crippen LogP contribution is 2.26. The van der Waals surface area contributed by atoms with Crippen LogP contribution in [0.1, 0.15) is 45.7 Å². The van der Waals surface area contributed by atoms with Gasteiger partial charge in [-0.15, -0.1) is 0 Å². The zero-order valence-corrected chi connectivity index (χ0v) is 22.5. The molecule has 3 aromatic rings. The van der Waals surface area contributed by atoms with Crippen LogP contribution in [0.5, 0.6) is 0 Å². The molecule has 0 aliphatic carbocycles. The molecule has 1 unspecified atom stereocenters. The second-order valence-electron chi connectivity index (χ2n) is 10.4. The molecule has 8 nitrogen and oxygen atoms in total. The van der Waals surface area contributed by atoms with Crippen molar-refractivity contribution in [2.75, 3.05) is 0 Å². The fourth-order valence-corrected chi connectivity index (χ4v) is 3.66. The van der Waals surface area contributed by atoms with Crippen molar-refractivity contribution in [3.63, 3.8) is 0 Å². The van der Waals surface area contributed by atoms with Crippen molar-refractivity contribution in [3.05, 3.63) is 83.8 Å². The average molecular weight is 514 g/mol. The van der Waals surface area contributed by atoms with Gasteiger partial charge in [-0.3, -0.25) is 9.79 Å². The van der Waals surface area contributed by atoms with E-state index >= 15 is 0 Å². The third-order valence-corrected chi connectivity index (χ3v) is 5.94. The normalized spacial score (nSPS) is 13.1. The Morgan fingerprint density at radius 2 is 1.55 bits per heavy atom. The third-order valence-electron chi connectivity index (χ3n) is 5.94. The maximum Gasteiger partial charge on any atom is 0.326 e. The lowest BCUT2D eigenvalue weighted by atomic mass is 9.86. The molecule has 4 N–H and O–H groups in total. The van der Waals surface area contributed by atoms with Gasteiger partial charge in [-0.25, -0.2) is 14.8 Å². The van der Waals surface area contributed by atoms with Crippen LogP contribution in [0.3, 0.4) is 0 Å². The van der Waals surface area contributed by atoms with E-state index in [1.54, 1.807) is 24.5 Å². The zero-order chi connectivity index (χ0) is 27.9. The number of carbonyl (C=O) groups excluding carboxylic acids is 1. The Kier molecular flexibility index (Phi) is 9.12. The monoisotopic (exact) mass is 513 g/mol. The van der Waals surface area contributed by atoms with E-state index in [9.17, 15) is 14.7 Å². The summed E-state index contributed by atoms with van der Waals surface area (Å²) >= 11 is 0. The van der Waals surface area contributed by atoms with Crippen LogP contribution in [0.25, 0.3) is 22.5 Å². The van der Waals surface area contributed by atoms with Crippen molar-refractivity contribution >= 4 is 18.1 Å². The first-order chi connectivity index (χ1) is 18.0. The molecule has 0 radical (unpaired) electrons. The lowest BCUT2D eigenvalue weighted by molar-refractivity contribution is -0.141. The number of nitrogens with zero attached hydrogens (tertiary/aromatic N) is 3. The van der Waals surface area contributed by atoms with Crippen LogP contribution in [0.15, 0.2) is 77.7 Å². The largest absolute Gasteiger partial charge is 0.480 e. The molecule has 1 aromatic heterocycles. The van der Waals surface area contributed by atoms with Crippen LogP contribution in [0.2, 0.25) is 0 Å². The van der Waals surface area contributed by atoms with Crippen LogP contribution < -0.4 is 11.1 Å². The highest BCUT2D eigenvalue weighted by atomic mass is 16.4. The van der Waals surface area contributed by atoms with E-state index in [2.05, 4.69) is 65.3 Å². The van der Waals surface area contributed by atoms with Gasteiger partial charge in [0.1, 0.15) is 6.04 Å². The van der Waals surface area contributed by atoms with E-state index in [0.29, 0.717) is 5.82 Å². The van der Waals surface area contributed by atoms with Gasteiger partial charge in [0.2, 0.25) is 0 Å². The van der Waals surface area contributed by atoms with E-state index in [0.717, 1.165) is 28.5 Å². The summed E-state index contributed by atoms with van der Waals surface area (Å²) in [6, 6.07) is 14.5. The molecule has 0 aliphatic heterocycles. The Bertz CT molecular complexity index is 1300. The summed E-state index contributed by atoms with van der Waals surface area (Å²) in [5.74, 6) is -1.17. The van der Waals surface area contributed by atoms with Crippen molar-refractivity contribution < 1.29 is 14.7 Å². The number of carbonyl (C=O) groups is 2. The summed E-state index contributed by atoms with van der Waals surface area (Å²) in [4.78, 5) is 37.5. The Hall–Kier alpha value is -4.33. The number of carboxylic acid groups (broad SMARTS) is 1. The topological polar surface area (TPSA) is 131 Å². The SMILES string of the molecule is CC(C)N=C/C(=C\N)C(=O)NC(Cc1ccc(-c2ncc(-c3ccc(C(C)(C)C)cc3)cn2)cc1)C(=O)O. The van der Waals surface area contributed by atoms with Crippen LogP contribution >= 0.6 is 0 Å². The number of carboxylic acids is 1. The van der Waals surface area contributed by atoms with Crippen molar-refractivity contribution in [2.45, 2.75) is 58.5 Å². The summed E-state index contributed by atoms with van der Waals surface area (Å²) in [6.07, 6.45) is 6.15. The van der Waals surface area contributed by atoms with Crippen molar-refractivity contribution in [3.8, 4) is 22.5 Å². The molecule has 38 heavy (non-hydrogen) atoms. The zero-order valence-electron chi connectivity index (χ0n) is 22.5. The smallest absolute Gasteiger partial charge is 0.326 e. The van der Waals surface area contributed by atoms with Crippen LogP contribution in [-0.2, 0) is 21.4 Å². The molecule has 0 bridgehead atoms. The van der Waals surface area contributed by atoms with Gasteiger partial charge in [0.05, 0.1) is 5.57 Å². The van der Waals surface area contributed by atoms with Crippen molar-refractivity contribution in [2.24, 2.45) is 10.7 Å². The number of aliphatic imine (C=N–C) groups is 1. The highest BCUT2D eigenvalue weighted by molar-refractivity contribution is 6.12. The van der Waals surface area contributed by atoms with Crippen molar-refractivity contribution in [1.82, 2.24) is 15.3 Å². The summed E-state index contributed by atoms with van der Waals surface area (Å²) in [5.41, 5.74) is 10.5. The standard InChI is InChI=1S/C30H35N5O3/c1-19(2)32-16-23(15-31)28(36)35-26(29(37)38)14-20-6-8-22(9-7-20)27-33-17-24(18-34-27)21-10-12-25(13-11-21)30(3,4)5/h6-13,15-19,26H,14,31H2,1-5H3,(H,35,36)(H,37,38)/b23-15+,32-16?. The number of benzene rings is 2. The number of rotatable bonds is 9. The first kappa shape index (κ1) is 28.2. The number of hydrogen-bond donors (Lipinski definition) is 3. The van der Waals surface area contributed by atoms with Crippen LogP contribution in [0.4, 0.5) is 0 Å². The number of aromatic nitrogens is 2. The minimum Gasteiger partial charge on any atom is -0.480 e. The predicted molar refractivity (Wildman–Crippen MR) is 151 cm³/mol. The van der Waals surface area contributed by atoms with E-state index in [4.69, 9.17) is 5.73 Å². The Balaban J connectivity index is 1.68. The molecular weight excluding hydrogens is 478 g/mol. The Morgan fingerprint density at radius 1 is 0.974 bits per heavy atom. The minimum absolute atomic E-state index is 0.0216. The molecule has 1 atom stereocenters. The fourth-order valence-electron chi connectivity index (χ4n) is 3.66. The molecule has 0 aliphatic rings. The molecular formula is C30H35N5O3. The molecule has 0 fully saturated rings. The van der Waals surface area contributed by atoms with Gasteiger partial charge in [-0.1, -0.05) is 69.3 Å². The quantitative estimate of drug-likeness (QED) is 0.284. The van der Waals surface area contributed by atoms with E-state index in [-0.39, 0.29) is 23.5 Å². The second kappa shape index (κ2) is 12.3. The van der Waals surface area contributed by atoms with Crippen LogP contribution in [-0.4, -0.2) is 45.2 Å². The number of hydrogen-bond acceptors (Lipinski definition) is 6. The Morgan fingerprint density at radius 3 is 2.05 bits per heavy atom. The van der Waals surface area contributed by atoms with Gasteiger partial charge in [0.25, 0.3) is 5.91 Å². The number of amides is 1. The highest BCUT2D eigenvalue weighted by Gasteiger charge is 2.22. The fraction of sp³-hybridized carbons (Fsp3) is 0.300. The summed E-state index contributed by atoms with van der Waals surface area (Å²) in [7, 11) is 0. The molecule has 0 spiro atoms. The number of nitrogens with two attached hydrogens (primary N) is 1. The molecule has 2 aromatic carbocycles. The maximum absolute atomic E-state index is 12.5. The minimum atomic E-state index is -1.14. The van der Waals surface area contributed by atoms with Gasteiger partial charge in [-0.2, -0.15) is 0 Å². The number of nitrogens with one attached hydrogen (secondary N) is 1. The molecule has 3 rings (SSSR count). The van der Waals surface area contributed by atoms with Gasteiger partial charge < -0.3 is 16.2 Å². The molecule has 8 heteroatoms. The van der Waals surface area contributed by atoms with Gasteiger partial charge in [0, 0.05) is 48.4 Å². The molecule has 0 saturated heterocycles. The molecule has 0 saturated carbocycles. The van der Waals surface area contributed by atoms with Gasteiger partial charge >= 0.3 is 5.97 Å². The Labute approximate surface area is 223 Å². The lowest BCUT2D eigenvalue weighted by Gasteiger charge is -2.19. The molecule has 1 heterocycles. The number of aliphatic carboxylic acids is 1. The first-order valence-electron chi connectivity index (χ1n) is 12.5. The third kappa shape index (κ3) is 7.59. The summed E-state index contributed by atoms with van der Waals surface area (Å²) in [5, 5.41) is 12.2. The summed E-state index contributed by atoms with van der Waals surface area (Å²) in [6.45, 7) is 10.3. The maximum atomic E-state index is 12.5. The average Bonchev–Trinajstić information content (AvgIpc) is 2.88. The van der Waals surface area contributed by atoms with E-state index in [1.165, 1.54) is 11.8 Å². The molecule has 198 valence electrons. The first-order valence-corrected chi connectivity index (χ1v) is 12.5. The lowest BCUT2D eigenvalue weighted by Crippen LogP contribution is -2.43. The van der Waals surface area contributed by atoms with E-state index in [1.807, 2.05) is 26.0 Å². The molecule has 1 amide bonds. The second-order valence-corrected chi connectivity index (χ2v) is 10.4.